The molecule has 0 atom stereocenters. The van der Waals surface area contributed by atoms with Crippen LogP contribution in [0, 0.1) is 0 Å². The highest BCUT2D eigenvalue weighted by Gasteiger charge is 2.35. The normalized spacial score (nSPS) is 13.7. The van der Waals surface area contributed by atoms with Crippen molar-refractivity contribution in [1.29, 1.82) is 0 Å². The van der Waals surface area contributed by atoms with Crippen molar-refractivity contribution in [1.82, 2.24) is 5.06 Å². The second-order valence-corrected chi connectivity index (χ2v) is 4.17. The first kappa shape index (κ1) is 13.2. The Bertz CT molecular complexity index is 552. The molecule has 0 unspecified atom stereocenters. The maximum atomic E-state index is 11.7. The smallest absolute Gasteiger partial charge is 0.338 e. The van der Waals surface area contributed by atoms with Gasteiger partial charge in [-0.3, -0.25) is 14.8 Å². The van der Waals surface area contributed by atoms with E-state index in [0.29, 0.717) is 6.61 Å². The van der Waals surface area contributed by atoms with Gasteiger partial charge in [-0.05, 0) is 24.6 Å². The minimum absolute atomic E-state index is 0.0115. The number of rotatable bonds is 4. The summed E-state index contributed by atoms with van der Waals surface area (Å²) in [6.45, 7) is 2.29. The van der Waals surface area contributed by atoms with Gasteiger partial charge in [-0.2, -0.15) is 0 Å². The molecule has 0 saturated heterocycles. The van der Waals surface area contributed by atoms with Gasteiger partial charge in [0.05, 0.1) is 23.3 Å². The standard InChI is InChI=1S/C13H13NO5/c1-2-3-6-19-13(17)8-4-5-9-10(7-8)12(16)14(18)11(9)15/h4-5,7,18H,2-3,6H2,1H3. The largest absolute Gasteiger partial charge is 0.462 e. The monoisotopic (exact) mass is 263 g/mol. The van der Waals surface area contributed by atoms with Crippen LogP contribution in [-0.4, -0.2) is 34.7 Å². The van der Waals surface area contributed by atoms with Crippen LogP contribution >= 0.6 is 0 Å². The van der Waals surface area contributed by atoms with E-state index in [0.717, 1.165) is 12.8 Å². The highest BCUT2D eigenvalue weighted by molar-refractivity contribution is 6.20. The van der Waals surface area contributed by atoms with Crippen LogP contribution < -0.4 is 0 Å². The molecule has 1 aliphatic rings. The fraction of sp³-hybridized carbons (Fsp3) is 0.308. The summed E-state index contributed by atoms with van der Waals surface area (Å²) in [7, 11) is 0. The van der Waals surface area contributed by atoms with Crippen molar-refractivity contribution in [2.24, 2.45) is 0 Å². The highest BCUT2D eigenvalue weighted by Crippen LogP contribution is 2.22. The zero-order valence-corrected chi connectivity index (χ0v) is 10.4. The maximum absolute atomic E-state index is 11.7. The third kappa shape index (κ3) is 2.34. The molecule has 19 heavy (non-hydrogen) atoms. The van der Waals surface area contributed by atoms with Gasteiger partial charge in [0, 0.05) is 0 Å². The number of hydrogen-bond donors (Lipinski definition) is 1. The van der Waals surface area contributed by atoms with E-state index in [1.807, 2.05) is 6.92 Å². The number of nitrogens with zero attached hydrogens (tertiary/aromatic N) is 1. The Hall–Kier alpha value is -2.21. The zero-order valence-electron chi connectivity index (χ0n) is 10.4. The Morgan fingerprint density at radius 2 is 1.95 bits per heavy atom. The number of unbranched alkanes of at least 4 members (excludes halogenated alkanes) is 1. The predicted octanol–water partition coefficient (Wildman–Crippen LogP) is 1.63. The minimum atomic E-state index is -0.830. The Labute approximate surface area is 109 Å². The molecule has 0 saturated carbocycles. The van der Waals surface area contributed by atoms with Crippen molar-refractivity contribution in [3.05, 3.63) is 34.9 Å². The van der Waals surface area contributed by atoms with Gasteiger partial charge in [-0.1, -0.05) is 13.3 Å². The Balaban J connectivity index is 2.21. The van der Waals surface area contributed by atoms with Crippen molar-refractivity contribution in [2.75, 3.05) is 6.61 Å². The van der Waals surface area contributed by atoms with Gasteiger partial charge < -0.3 is 4.74 Å². The number of fused-ring (bicyclic) bond motifs is 1. The molecule has 0 spiro atoms. The fourth-order valence-electron chi connectivity index (χ4n) is 1.75. The molecule has 0 aliphatic carbocycles. The van der Waals surface area contributed by atoms with Crippen molar-refractivity contribution in [3.8, 4) is 0 Å². The quantitative estimate of drug-likeness (QED) is 0.386. The average molecular weight is 263 g/mol. The van der Waals surface area contributed by atoms with Crippen molar-refractivity contribution >= 4 is 17.8 Å². The van der Waals surface area contributed by atoms with Gasteiger partial charge in [0.1, 0.15) is 0 Å². The van der Waals surface area contributed by atoms with E-state index in [4.69, 9.17) is 4.74 Å². The van der Waals surface area contributed by atoms with E-state index in [1.54, 1.807) is 0 Å². The van der Waals surface area contributed by atoms with Crippen molar-refractivity contribution in [3.63, 3.8) is 0 Å². The van der Waals surface area contributed by atoms with Crippen LogP contribution in [0.5, 0.6) is 0 Å². The van der Waals surface area contributed by atoms with Crippen molar-refractivity contribution in [2.45, 2.75) is 19.8 Å². The first-order valence-electron chi connectivity index (χ1n) is 5.95. The third-order valence-electron chi connectivity index (χ3n) is 2.83. The number of carbonyl (C=O) groups excluding carboxylic acids is 3. The van der Waals surface area contributed by atoms with Gasteiger partial charge in [0.2, 0.25) is 0 Å². The molecule has 6 nitrogen and oxygen atoms in total. The summed E-state index contributed by atoms with van der Waals surface area (Å²) in [6.07, 6.45) is 1.67. The number of hydroxylamine groups is 2. The lowest BCUT2D eigenvalue weighted by Gasteiger charge is -2.04. The first-order valence-corrected chi connectivity index (χ1v) is 5.95. The molecule has 0 fully saturated rings. The molecule has 1 N–H and O–H groups in total. The number of imide groups is 1. The molecular weight excluding hydrogens is 250 g/mol. The lowest BCUT2D eigenvalue weighted by atomic mass is 10.1. The van der Waals surface area contributed by atoms with Crippen LogP contribution in [0.4, 0.5) is 0 Å². The lowest BCUT2D eigenvalue weighted by molar-refractivity contribution is -0.0327. The summed E-state index contributed by atoms with van der Waals surface area (Å²) in [5, 5.41) is 9.25. The molecule has 1 aromatic carbocycles. The van der Waals surface area contributed by atoms with Gasteiger partial charge >= 0.3 is 5.97 Å². The topological polar surface area (TPSA) is 83.9 Å². The van der Waals surface area contributed by atoms with Crippen LogP contribution in [0.2, 0.25) is 0 Å². The summed E-state index contributed by atoms with van der Waals surface area (Å²) in [5.41, 5.74) is 0.279. The highest BCUT2D eigenvalue weighted by atomic mass is 16.5. The second-order valence-electron chi connectivity index (χ2n) is 4.17. The maximum Gasteiger partial charge on any atom is 0.338 e. The molecule has 0 bridgehead atoms. The molecule has 2 amide bonds. The van der Waals surface area contributed by atoms with Crippen LogP contribution in [0.25, 0.3) is 0 Å². The first-order chi connectivity index (χ1) is 9.06. The number of carbonyl (C=O) groups is 3. The lowest BCUT2D eigenvalue weighted by Crippen LogP contribution is -2.25. The fourth-order valence-corrected chi connectivity index (χ4v) is 1.75. The minimum Gasteiger partial charge on any atom is -0.462 e. The summed E-state index contributed by atoms with van der Waals surface area (Å²) >= 11 is 0. The summed E-state index contributed by atoms with van der Waals surface area (Å²) in [4.78, 5) is 34.7. The molecule has 6 heteroatoms. The average Bonchev–Trinajstić information content (AvgIpc) is 2.64. The van der Waals surface area contributed by atoms with Gasteiger partial charge in [-0.25, -0.2) is 4.79 Å². The summed E-state index contributed by atoms with van der Waals surface area (Å²) < 4.78 is 5.01. The molecule has 1 aliphatic heterocycles. The Morgan fingerprint density at radius 1 is 1.26 bits per heavy atom. The van der Waals surface area contributed by atoms with E-state index < -0.39 is 17.8 Å². The van der Waals surface area contributed by atoms with Crippen molar-refractivity contribution < 1.29 is 24.3 Å². The van der Waals surface area contributed by atoms with E-state index in [1.165, 1.54) is 18.2 Å². The molecule has 0 aromatic heterocycles. The SMILES string of the molecule is CCCCOC(=O)c1ccc2c(c1)C(=O)N(O)C2=O. The van der Waals surface area contributed by atoms with E-state index >= 15 is 0 Å². The van der Waals surface area contributed by atoms with Crippen LogP contribution in [0.3, 0.4) is 0 Å². The van der Waals surface area contributed by atoms with Crippen LogP contribution in [0.1, 0.15) is 50.8 Å². The summed E-state index contributed by atoms with van der Waals surface area (Å²) in [6, 6.07) is 4.00. The van der Waals surface area contributed by atoms with E-state index in [2.05, 4.69) is 0 Å². The zero-order chi connectivity index (χ0) is 14.0. The van der Waals surface area contributed by atoms with Gasteiger partial charge in [-0.15, -0.1) is 5.06 Å². The molecular formula is C13H13NO5. The van der Waals surface area contributed by atoms with Crippen LogP contribution in [0.15, 0.2) is 18.2 Å². The number of esters is 1. The third-order valence-corrected chi connectivity index (χ3v) is 2.83. The predicted molar refractivity (Wildman–Crippen MR) is 63.9 cm³/mol. The van der Waals surface area contributed by atoms with Gasteiger partial charge in [0.25, 0.3) is 11.8 Å². The second kappa shape index (κ2) is 5.19. The molecule has 100 valence electrons. The number of ether oxygens (including phenoxy) is 1. The number of amides is 2. The molecule has 0 radical (unpaired) electrons. The Morgan fingerprint density at radius 3 is 2.63 bits per heavy atom. The van der Waals surface area contributed by atoms with Crippen LogP contribution in [-0.2, 0) is 4.74 Å². The Kier molecular flexibility index (Phi) is 3.62. The van der Waals surface area contributed by atoms with E-state index in [9.17, 15) is 19.6 Å². The number of hydrogen-bond acceptors (Lipinski definition) is 5. The van der Waals surface area contributed by atoms with Gasteiger partial charge in [0.15, 0.2) is 0 Å². The molecule has 1 aromatic rings. The number of benzene rings is 1. The molecule has 1 heterocycles. The summed E-state index contributed by atoms with van der Waals surface area (Å²) in [5.74, 6) is -2.16. The van der Waals surface area contributed by atoms with E-state index in [-0.39, 0.29) is 21.8 Å². The molecule has 2 rings (SSSR count).